The van der Waals surface area contributed by atoms with Crippen LogP contribution in [0.4, 0.5) is 0 Å². The molecule has 8 heteroatoms. The Bertz CT molecular complexity index is 1490. The highest BCUT2D eigenvalue weighted by atomic mass is 32.1. The van der Waals surface area contributed by atoms with Crippen LogP contribution < -0.4 is 10.4 Å². The third-order valence-corrected chi connectivity index (χ3v) is 8.39. The maximum Gasteiger partial charge on any atom is 0.339 e. The molecule has 3 aliphatic rings. The van der Waals surface area contributed by atoms with Crippen molar-refractivity contribution >= 4 is 32.5 Å². The summed E-state index contributed by atoms with van der Waals surface area (Å²) in [5, 5.41) is 2.05. The zero-order valence-corrected chi connectivity index (χ0v) is 19.7. The lowest BCUT2D eigenvalue weighted by Crippen LogP contribution is -2.36. The number of morpholine rings is 1. The van der Waals surface area contributed by atoms with E-state index in [0.29, 0.717) is 23.8 Å². The van der Waals surface area contributed by atoms with Crippen LogP contribution in [0.5, 0.6) is 11.6 Å². The first-order valence-corrected chi connectivity index (χ1v) is 12.9. The number of hydrogen-bond acceptors (Lipinski definition) is 8. The maximum absolute atomic E-state index is 12.5. The second kappa shape index (κ2) is 8.15. The van der Waals surface area contributed by atoms with Gasteiger partial charge < -0.3 is 13.9 Å². The summed E-state index contributed by atoms with van der Waals surface area (Å²) in [7, 11) is 0. The SMILES string of the molecule is O=c1oc2cc(Oc3nc(CN4CCOCC4)nc4sc5c(c34)CCC5)ccc2c2c1CCC2. The lowest BCUT2D eigenvalue weighted by molar-refractivity contribution is 0.0330. The number of hydrogen-bond donors (Lipinski definition) is 0. The molecule has 7 nitrogen and oxygen atoms in total. The van der Waals surface area contributed by atoms with E-state index in [0.717, 1.165) is 97.4 Å². The Morgan fingerprint density at radius 1 is 1.00 bits per heavy atom. The molecule has 34 heavy (non-hydrogen) atoms. The van der Waals surface area contributed by atoms with Crippen molar-refractivity contribution in [1.82, 2.24) is 14.9 Å². The highest BCUT2D eigenvalue weighted by molar-refractivity contribution is 7.19. The molecule has 1 aliphatic heterocycles. The normalized spacial score (nSPS) is 18.0. The molecule has 7 rings (SSSR count). The van der Waals surface area contributed by atoms with Crippen LogP contribution in [0, 0.1) is 0 Å². The minimum atomic E-state index is -0.218. The van der Waals surface area contributed by atoms with Gasteiger partial charge in [-0.2, -0.15) is 4.98 Å². The van der Waals surface area contributed by atoms with Crippen LogP contribution in [0.15, 0.2) is 27.4 Å². The van der Waals surface area contributed by atoms with Gasteiger partial charge in [0.15, 0.2) is 0 Å². The Kier molecular flexibility index (Phi) is 4.93. The predicted octanol–water partition coefficient (Wildman–Crippen LogP) is 4.40. The van der Waals surface area contributed by atoms with Gasteiger partial charge in [0.2, 0.25) is 5.88 Å². The molecule has 0 unspecified atom stereocenters. The summed E-state index contributed by atoms with van der Waals surface area (Å²) in [5.41, 5.74) is 3.66. The second-order valence-electron chi connectivity index (χ2n) is 9.33. The van der Waals surface area contributed by atoms with E-state index in [1.165, 1.54) is 10.4 Å². The molecule has 0 saturated carbocycles. The minimum Gasteiger partial charge on any atom is -0.438 e. The van der Waals surface area contributed by atoms with E-state index in [-0.39, 0.29) is 5.63 Å². The van der Waals surface area contributed by atoms with Crippen molar-refractivity contribution in [3.63, 3.8) is 0 Å². The van der Waals surface area contributed by atoms with Gasteiger partial charge in [0, 0.05) is 35.0 Å². The Hall–Kier alpha value is -2.81. The third kappa shape index (κ3) is 3.43. The molecule has 1 aromatic carbocycles. The third-order valence-electron chi connectivity index (χ3n) is 7.21. The lowest BCUT2D eigenvalue weighted by atomic mass is 10.1. The van der Waals surface area contributed by atoms with Crippen LogP contribution in [0.25, 0.3) is 21.2 Å². The molecule has 0 N–H and O–H groups in total. The monoisotopic (exact) mass is 475 g/mol. The first-order valence-electron chi connectivity index (χ1n) is 12.1. The molecule has 0 spiro atoms. The summed E-state index contributed by atoms with van der Waals surface area (Å²) < 4.78 is 17.6. The molecule has 4 aromatic rings. The van der Waals surface area contributed by atoms with Gasteiger partial charge in [-0.05, 0) is 61.8 Å². The van der Waals surface area contributed by atoms with Crippen molar-refractivity contribution in [3.8, 4) is 11.6 Å². The molecule has 0 amide bonds. The van der Waals surface area contributed by atoms with Crippen molar-refractivity contribution in [3.05, 3.63) is 56.0 Å². The largest absolute Gasteiger partial charge is 0.438 e. The quantitative estimate of drug-likeness (QED) is 0.405. The van der Waals surface area contributed by atoms with E-state index >= 15 is 0 Å². The number of rotatable bonds is 4. The van der Waals surface area contributed by atoms with Crippen LogP contribution in [-0.4, -0.2) is 41.2 Å². The summed E-state index contributed by atoms with van der Waals surface area (Å²) in [5.74, 6) is 2.01. The van der Waals surface area contributed by atoms with Gasteiger partial charge in [0.05, 0.1) is 25.1 Å². The first-order chi connectivity index (χ1) is 16.7. The maximum atomic E-state index is 12.5. The molecule has 4 heterocycles. The van der Waals surface area contributed by atoms with E-state index in [1.807, 2.05) is 18.2 Å². The molecular formula is C26H25N3O4S. The highest BCUT2D eigenvalue weighted by Crippen LogP contribution is 2.42. The van der Waals surface area contributed by atoms with Crippen LogP contribution in [0.1, 0.15) is 40.2 Å². The average Bonchev–Trinajstić information content (AvgIpc) is 3.56. The van der Waals surface area contributed by atoms with Crippen LogP contribution in [-0.2, 0) is 37.0 Å². The van der Waals surface area contributed by atoms with Crippen molar-refractivity contribution in [2.45, 2.75) is 45.1 Å². The smallest absolute Gasteiger partial charge is 0.339 e. The molecule has 2 aliphatic carbocycles. The number of nitrogens with zero attached hydrogens (tertiary/aromatic N) is 3. The fourth-order valence-corrected chi connectivity index (χ4v) is 6.82. The summed E-state index contributed by atoms with van der Waals surface area (Å²) in [4.78, 5) is 27.0. The molecule has 1 saturated heterocycles. The van der Waals surface area contributed by atoms with Gasteiger partial charge in [0.25, 0.3) is 0 Å². The van der Waals surface area contributed by atoms with Gasteiger partial charge in [0.1, 0.15) is 22.0 Å². The number of thiophene rings is 1. The van der Waals surface area contributed by atoms with Crippen molar-refractivity contribution in [2.24, 2.45) is 0 Å². The summed E-state index contributed by atoms with van der Waals surface area (Å²) >= 11 is 1.77. The van der Waals surface area contributed by atoms with Gasteiger partial charge in [-0.15, -0.1) is 11.3 Å². The van der Waals surface area contributed by atoms with Gasteiger partial charge in [-0.3, -0.25) is 4.90 Å². The first kappa shape index (κ1) is 20.6. The Morgan fingerprint density at radius 2 is 1.82 bits per heavy atom. The molecule has 3 aromatic heterocycles. The van der Waals surface area contributed by atoms with E-state index in [9.17, 15) is 4.79 Å². The van der Waals surface area contributed by atoms with Crippen LogP contribution >= 0.6 is 11.3 Å². The number of fused-ring (bicyclic) bond motifs is 6. The Morgan fingerprint density at radius 3 is 2.74 bits per heavy atom. The van der Waals surface area contributed by atoms with Crippen molar-refractivity contribution in [1.29, 1.82) is 0 Å². The average molecular weight is 476 g/mol. The van der Waals surface area contributed by atoms with E-state index in [1.54, 1.807) is 11.3 Å². The number of aromatic nitrogens is 2. The molecular weight excluding hydrogens is 450 g/mol. The zero-order valence-electron chi connectivity index (χ0n) is 18.9. The van der Waals surface area contributed by atoms with Gasteiger partial charge in [-0.1, -0.05) is 0 Å². The van der Waals surface area contributed by atoms with Crippen LogP contribution in [0.3, 0.4) is 0 Å². The number of aryl methyl sites for hydroxylation is 3. The Balaban J connectivity index is 1.30. The van der Waals surface area contributed by atoms with Gasteiger partial charge in [-0.25, -0.2) is 9.78 Å². The fourth-order valence-electron chi connectivity index (χ4n) is 5.55. The topological polar surface area (TPSA) is 77.7 Å². The van der Waals surface area contributed by atoms with Crippen LogP contribution in [0.2, 0.25) is 0 Å². The molecule has 0 bridgehead atoms. The fraction of sp³-hybridized carbons (Fsp3) is 0.423. The van der Waals surface area contributed by atoms with E-state index < -0.39 is 0 Å². The summed E-state index contributed by atoms with van der Waals surface area (Å²) in [6, 6.07) is 5.81. The predicted molar refractivity (Wildman–Crippen MR) is 130 cm³/mol. The highest BCUT2D eigenvalue weighted by Gasteiger charge is 2.25. The van der Waals surface area contributed by atoms with Crippen molar-refractivity contribution < 1.29 is 13.9 Å². The Labute approximate surface area is 200 Å². The molecule has 0 radical (unpaired) electrons. The standard InChI is InChI=1S/C26H25N3O4S/c30-26-18-4-1-3-16(18)17-8-7-15(13-20(17)33-26)32-24-23-19-5-2-6-21(19)34-25(23)28-22(27-24)14-29-9-11-31-12-10-29/h7-8,13H,1-6,9-12,14H2. The summed E-state index contributed by atoms with van der Waals surface area (Å²) in [6.45, 7) is 3.92. The number of ether oxygens (including phenoxy) is 2. The second-order valence-corrected chi connectivity index (χ2v) is 10.4. The molecule has 0 atom stereocenters. The van der Waals surface area contributed by atoms with E-state index in [4.69, 9.17) is 23.9 Å². The number of benzene rings is 1. The lowest BCUT2D eigenvalue weighted by Gasteiger charge is -2.25. The van der Waals surface area contributed by atoms with Gasteiger partial charge >= 0.3 is 5.63 Å². The molecule has 1 fully saturated rings. The van der Waals surface area contributed by atoms with Crippen molar-refractivity contribution in [2.75, 3.05) is 26.3 Å². The molecule has 174 valence electrons. The summed E-state index contributed by atoms with van der Waals surface area (Å²) in [6.07, 6.45) is 6.04. The zero-order chi connectivity index (χ0) is 22.6. The van der Waals surface area contributed by atoms with E-state index in [2.05, 4.69) is 4.90 Å². The minimum absolute atomic E-state index is 0.218.